The Morgan fingerprint density at radius 2 is 1.88 bits per heavy atom. The lowest BCUT2D eigenvalue weighted by atomic mass is 10.1. The maximum absolute atomic E-state index is 11.4. The highest BCUT2D eigenvalue weighted by molar-refractivity contribution is 5.81. The van der Waals surface area contributed by atoms with Gasteiger partial charge in [0.2, 0.25) is 0 Å². The van der Waals surface area contributed by atoms with Crippen LogP contribution in [-0.4, -0.2) is 12.4 Å². The van der Waals surface area contributed by atoms with Gasteiger partial charge in [0.1, 0.15) is 12.4 Å². The Labute approximate surface area is 97.6 Å². The molecule has 2 heteroatoms. The largest absolute Gasteiger partial charge is 0.486 e. The summed E-state index contributed by atoms with van der Waals surface area (Å²) in [6.07, 6.45) is 2.23. The molecule has 0 amide bonds. The number of rotatable bonds is 6. The molecular formula is C14H20O2. The monoisotopic (exact) mass is 220 g/mol. The number of aryl methyl sites for hydroxylation is 1. The van der Waals surface area contributed by atoms with Crippen molar-refractivity contribution in [2.75, 3.05) is 6.61 Å². The molecule has 0 aromatic heterocycles. The molecule has 0 radical (unpaired) electrons. The molecule has 0 saturated carbocycles. The lowest BCUT2D eigenvalue weighted by Crippen LogP contribution is -2.16. The van der Waals surface area contributed by atoms with Gasteiger partial charge < -0.3 is 4.74 Å². The maximum atomic E-state index is 11.4. The number of ether oxygens (including phenoxy) is 1. The molecule has 0 aliphatic heterocycles. The molecule has 0 aliphatic carbocycles. The van der Waals surface area contributed by atoms with E-state index in [1.807, 2.05) is 26.0 Å². The third kappa shape index (κ3) is 4.05. The van der Waals surface area contributed by atoms with Crippen molar-refractivity contribution in [1.29, 1.82) is 0 Å². The van der Waals surface area contributed by atoms with Crippen LogP contribution in [0.4, 0.5) is 0 Å². The molecule has 0 unspecified atom stereocenters. The molecule has 0 spiro atoms. The van der Waals surface area contributed by atoms with E-state index in [0.29, 0.717) is 0 Å². The molecule has 0 aliphatic rings. The second kappa shape index (κ2) is 6.31. The van der Waals surface area contributed by atoms with Crippen LogP contribution < -0.4 is 4.74 Å². The second-order valence-corrected chi connectivity index (χ2v) is 4.30. The number of benzene rings is 1. The summed E-state index contributed by atoms with van der Waals surface area (Å²) in [4.78, 5) is 11.4. The first-order valence-corrected chi connectivity index (χ1v) is 5.88. The van der Waals surface area contributed by atoms with Crippen molar-refractivity contribution in [2.45, 2.75) is 33.6 Å². The SMILES string of the molecule is CCCc1ccc(OCC(=O)C(C)C)cc1. The standard InChI is InChI=1S/C14H20O2/c1-4-5-12-6-8-13(9-7-12)16-10-14(15)11(2)3/h6-9,11H,4-5,10H2,1-3H3. The van der Waals surface area contributed by atoms with Crippen LogP contribution in [0.3, 0.4) is 0 Å². The predicted octanol–water partition coefficient (Wildman–Crippen LogP) is 3.24. The van der Waals surface area contributed by atoms with Crippen molar-refractivity contribution < 1.29 is 9.53 Å². The van der Waals surface area contributed by atoms with Crippen LogP contribution in [0.2, 0.25) is 0 Å². The van der Waals surface area contributed by atoms with Crippen LogP contribution in [0.25, 0.3) is 0 Å². The first kappa shape index (κ1) is 12.8. The van der Waals surface area contributed by atoms with Gasteiger partial charge in [-0.1, -0.05) is 39.3 Å². The van der Waals surface area contributed by atoms with Gasteiger partial charge in [0.25, 0.3) is 0 Å². The van der Waals surface area contributed by atoms with Crippen molar-refractivity contribution >= 4 is 5.78 Å². The van der Waals surface area contributed by atoms with Gasteiger partial charge >= 0.3 is 0 Å². The van der Waals surface area contributed by atoms with Crippen molar-refractivity contribution in [1.82, 2.24) is 0 Å². The fraction of sp³-hybridized carbons (Fsp3) is 0.500. The van der Waals surface area contributed by atoms with Gasteiger partial charge in [0, 0.05) is 5.92 Å². The summed E-state index contributed by atoms with van der Waals surface area (Å²) < 4.78 is 5.41. The Balaban J connectivity index is 2.46. The number of hydrogen-bond donors (Lipinski definition) is 0. The Kier molecular flexibility index (Phi) is 5.03. The number of carbonyl (C=O) groups excluding carboxylic acids is 1. The Hall–Kier alpha value is -1.31. The van der Waals surface area contributed by atoms with Crippen molar-refractivity contribution in [3.05, 3.63) is 29.8 Å². The zero-order chi connectivity index (χ0) is 12.0. The topological polar surface area (TPSA) is 26.3 Å². The molecule has 1 rings (SSSR count). The molecule has 0 N–H and O–H groups in total. The summed E-state index contributed by atoms with van der Waals surface area (Å²) >= 11 is 0. The number of ketones is 1. The predicted molar refractivity (Wildman–Crippen MR) is 65.8 cm³/mol. The van der Waals surface area contributed by atoms with E-state index in [1.54, 1.807) is 0 Å². The zero-order valence-electron chi connectivity index (χ0n) is 10.3. The van der Waals surface area contributed by atoms with E-state index in [1.165, 1.54) is 5.56 Å². The molecule has 16 heavy (non-hydrogen) atoms. The van der Waals surface area contributed by atoms with E-state index in [-0.39, 0.29) is 18.3 Å². The van der Waals surface area contributed by atoms with Gasteiger partial charge in [-0.2, -0.15) is 0 Å². The first-order chi connectivity index (χ1) is 7.63. The Bertz CT molecular complexity index is 325. The fourth-order valence-corrected chi connectivity index (χ4v) is 1.36. The lowest BCUT2D eigenvalue weighted by Gasteiger charge is -2.07. The van der Waals surface area contributed by atoms with E-state index in [4.69, 9.17) is 4.74 Å². The smallest absolute Gasteiger partial charge is 0.172 e. The first-order valence-electron chi connectivity index (χ1n) is 5.88. The summed E-state index contributed by atoms with van der Waals surface area (Å²) in [6.45, 7) is 6.10. The molecule has 0 heterocycles. The Morgan fingerprint density at radius 1 is 1.25 bits per heavy atom. The highest BCUT2D eigenvalue weighted by Gasteiger charge is 2.07. The fourth-order valence-electron chi connectivity index (χ4n) is 1.36. The van der Waals surface area contributed by atoms with Crippen LogP contribution >= 0.6 is 0 Å². The molecule has 1 aromatic carbocycles. The van der Waals surface area contributed by atoms with Crippen LogP contribution in [-0.2, 0) is 11.2 Å². The summed E-state index contributed by atoms with van der Waals surface area (Å²) in [6, 6.07) is 7.97. The molecule has 1 aromatic rings. The van der Waals surface area contributed by atoms with E-state index in [9.17, 15) is 4.79 Å². The molecule has 0 fully saturated rings. The summed E-state index contributed by atoms with van der Waals surface area (Å²) in [5.74, 6) is 0.950. The van der Waals surface area contributed by atoms with Crippen LogP contribution in [0, 0.1) is 5.92 Å². The minimum Gasteiger partial charge on any atom is -0.486 e. The third-order valence-electron chi connectivity index (χ3n) is 2.49. The molecule has 0 bridgehead atoms. The second-order valence-electron chi connectivity index (χ2n) is 4.30. The van der Waals surface area contributed by atoms with Crippen molar-refractivity contribution in [3.63, 3.8) is 0 Å². The maximum Gasteiger partial charge on any atom is 0.172 e. The number of carbonyl (C=O) groups is 1. The summed E-state index contributed by atoms with van der Waals surface area (Å²) in [5.41, 5.74) is 1.31. The highest BCUT2D eigenvalue weighted by atomic mass is 16.5. The molecule has 2 nitrogen and oxygen atoms in total. The van der Waals surface area contributed by atoms with E-state index in [2.05, 4.69) is 19.1 Å². The lowest BCUT2D eigenvalue weighted by molar-refractivity contribution is -0.123. The summed E-state index contributed by atoms with van der Waals surface area (Å²) in [5, 5.41) is 0. The molecular weight excluding hydrogens is 200 g/mol. The average molecular weight is 220 g/mol. The molecule has 88 valence electrons. The van der Waals surface area contributed by atoms with Gasteiger partial charge in [0.05, 0.1) is 0 Å². The summed E-state index contributed by atoms with van der Waals surface area (Å²) in [7, 11) is 0. The zero-order valence-corrected chi connectivity index (χ0v) is 10.3. The van der Waals surface area contributed by atoms with Crippen LogP contribution in [0.15, 0.2) is 24.3 Å². The Morgan fingerprint density at radius 3 is 2.38 bits per heavy atom. The van der Waals surface area contributed by atoms with E-state index >= 15 is 0 Å². The average Bonchev–Trinajstić information content (AvgIpc) is 2.28. The van der Waals surface area contributed by atoms with E-state index < -0.39 is 0 Å². The van der Waals surface area contributed by atoms with Gasteiger partial charge in [-0.25, -0.2) is 0 Å². The van der Waals surface area contributed by atoms with Crippen LogP contribution in [0.1, 0.15) is 32.8 Å². The number of hydrogen-bond acceptors (Lipinski definition) is 2. The van der Waals surface area contributed by atoms with Gasteiger partial charge in [-0.15, -0.1) is 0 Å². The van der Waals surface area contributed by atoms with Gasteiger partial charge in [-0.3, -0.25) is 4.79 Å². The van der Waals surface area contributed by atoms with Gasteiger partial charge in [0.15, 0.2) is 5.78 Å². The minimum absolute atomic E-state index is 0.0411. The molecule has 0 atom stereocenters. The highest BCUT2D eigenvalue weighted by Crippen LogP contribution is 2.13. The molecule has 0 saturated heterocycles. The van der Waals surface area contributed by atoms with Crippen LogP contribution in [0.5, 0.6) is 5.75 Å². The van der Waals surface area contributed by atoms with Gasteiger partial charge in [-0.05, 0) is 24.1 Å². The van der Waals surface area contributed by atoms with Crippen molar-refractivity contribution in [3.8, 4) is 5.75 Å². The third-order valence-corrected chi connectivity index (χ3v) is 2.49. The van der Waals surface area contributed by atoms with E-state index in [0.717, 1.165) is 18.6 Å². The number of Topliss-reactive ketones (excluding diaryl/α,β-unsaturated/α-hetero) is 1. The minimum atomic E-state index is 0.0411. The van der Waals surface area contributed by atoms with Crippen molar-refractivity contribution in [2.24, 2.45) is 5.92 Å². The normalized spacial score (nSPS) is 10.5. The quantitative estimate of drug-likeness (QED) is 0.735.